The van der Waals surface area contributed by atoms with Crippen LogP contribution in [0.25, 0.3) is 0 Å². The summed E-state index contributed by atoms with van der Waals surface area (Å²) < 4.78 is 0. The minimum atomic E-state index is -0.493. The maximum Gasteiger partial charge on any atom is 0.0608 e. The van der Waals surface area contributed by atoms with Crippen molar-refractivity contribution >= 4 is 23.7 Å². The normalized spacial score (nSPS) is 12.6. The van der Waals surface area contributed by atoms with Gasteiger partial charge >= 0.3 is 0 Å². The molecule has 1 aromatic heterocycles. The van der Waals surface area contributed by atoms with E-state index in [1.54, 1.807) is 11.3 Å². The predicted molar refractivity (Wildman–Crippen MR) is 106 cm³/mol. The fourth-order valence-electron chi connectivity index (χ4n) is 2.26. The number of aryl methyl sites for hydroxylation is 2. The van der Waals surface area contributed by atoms with Crippen LogP contribution >= 0.6 is 23.7 Å². The van der Waals surface area contributed by atoms with Crippen LogP contribution in [-0.4, -0.2) is 17.3 Å². The Labute approximate surface area is 155 Å². The molecule has 130 valence electrons. The van der Waals surface area contributed by atoms with Crippen LogP contribution in [0.2, 0.25) is 0 Å². The zero-order valence-corrected chi connectivity index (χ0v) is 15.8. The third kappa shape index (κ3) is 7.51. The van der Waals surface area contributed by atoms with E-state index in [4.69, 9.17) is 5.73 Å². The fraction of sp³-hybridized carbons (Fsp3) is 0.400. The molecule has 2 rings (SSSR count). The summed E-state index contributed by atoms with van der Waals surface area (Å²) in [4.78, 5) is 1.28. The first-order chi connectivity index (χ1) is 11.1. The Morgan fingerprint density at radius 1 is 1.21 bits per heavy atom. The summed E-state index contributed by atoms with van der Waals surface area (Å²) in [5.41, 5.74) is 7.93. The van der Waals surface area contributed by atoms with Gasteiger partial charge in [-0.25, -0.2) is 0 Å². The molecule has 0 saturated carbocycles. The Kier molecular flexibility index (Phi) is 9.10. The number of unbranched alkanes of at least 4 members (excludes halogenated alkanes) is 1. The van der Waals surface area contributed by atoms with E-state index in [1.165, 1.54) is 10.4 Å². The summed E-state index contributed by atoms with van der Waals surface area (Å²) in [6, 6.07) is 12.7. The lowest BCUT2D eigenvalue weighted by Gasteiger charge is -2.20. The molecule has 0 bridgehead atoms. The molecule has 0 radical (unpaired) electrons. The Morgan fingerprint density at radius 3 is 2.67 bits per heavy atom. The van der Waals surface area contributed by atoms with Crippen molar-refractivity contribution in [1.82, 2.24) is 0 Å². The van der Waals surface area contributed by atoms with Gasteiger partial charge in [-0.15, -0.1) is 23.7 Å². The van der Waals surface area contributed by atoms with Crippen molar-refractivity contribution in [2.24, 2.45) is 5.73 Å². The first-order valence-corrected chi connectivity index (χ1v) is 8.97. The standard InChI is InChI=1S/C20H25NOS.ClH/c1-20(21,16-22)13-12-19-14-18(15-23-19)11-7-3-6-10-17-8-4-2-5-9-17;/h2,4-5,8-9,14-15,22H,3,6,10,12-13,16,21H2,1H3;1H. The van der Waals surface area contributed by atoms with E-state index in [-0.39, 0.29) is 19.0 Å². The summed E-state index contributed by atoms with van der Waals surface area (Å²) in [5, 5.41) is 11.3. The summed E-state index contributed by atoms with van der Waals surface area (Å²) in [5.74, 6) is 6.50. The number of nitrogens with two attached hydrogens (primary N) is 1. The highest BCUT2D eigenvalue weighted by Gasteiger charge is 2.16. The maximum atomic E-state index is 9.18. The summed E-state index contributed by atoms with van der Waals surface area (Å²) >= 11 is 1.72. The monoisotopic (exact) mass is 363 g/mol. The average molecular weight is 364 g/mol. The van der Waals surface area contributed by atoms with Crippen molar-refractivity contribution in [3.63, 3.8) is 0 Å². The van der Waals surface area contributed by atoms with Gasteiger partial charge in [0.25, 0.3) is 0 Å². The number of halogens is 1. The maximum absolute atomic E-state index is 9.18. The molecule has 0 saturated heterocycles. The van der Waals surface area contributed by atoms with Crippen molar-refractivity contribution in [2.75, 3.05) is 6.61 Å². The summed E-state index contributed by atoms with van der Waals surface area (Å²) in [7, 11) is 0. The van der Waals surface area contributed by atoms with Crippen LogP contribution < -0.4 is 5.73 Å². The molecule has 0 spiro atoms. The minimum Gasteiger partial charge on any atom is -0.394 e. The molecule has 1 unspecified atom stereocenters. The summed E-state index contributed by atoms with van der Waals surface area (Å²) in [6.45, 7) is 1.90. The molecule has 0 aliphatic rings. The molecule has 2 aromatic rings. The number of thiophene rings is 1. The van der Waals surface area contributed by atoms with Gasteiger partial charge in [0.05, 0.1) is 6.61 Å². The number of benzene rings is 1. The fourth-order valence-corrected chi connectivity index (χ4v) is 3.08. The lowest BCUT2D eigenvalue weighted by atomic mass is 9.98. The highest BCUT2D eigenvalue weighted by Crippen LogP contribution is 2.18. The average Bonchev–Trinajstić information content (AvgIpc) is 3.02. The van der Waals surface area contributed by atoms with E-state index in [9.17, 15) is 5.11 Å². The summed E-state index contributed by atoms with van der Waals surface area (Å²) in [6.07, 6.45) is 4.78. The lowest BCUT2D eigenvalue weighted by Crippen LogP contribution is -2.40. The van der Waals surface area contributed by atoms with Crippen LogP contribution in [0.4, 0.5) is 0 Å². The Hall–Kier alpha value is -1.31. The molecule has 3 N–H and O–H groups in total. The Bertz CT molecular complexity index is 655. The van der Waals surface area contributed by atoms with Crippen molar-refractivity contribution in [3.05, 3.63) is 57.8 Å². The van der Waals surface area contributed by atoms with E-state index in [2.05, 4.69) is 47.6 Å². The first kappa shape index (κ1) is 20.7. The molecule has 1 aromatic carbocycles. The number of aliphatic hydroxyl groups is 1. The second-order valence-corrected chi connectivity index (χ2v) is 7.25. The van der Waals surface area contributed by atoms with Gasteiger partial charge in [-0.1, -0.05) is 42.2 Å². The van der Waals surface area contributed by atoms with Crippen LogP contribution in [0.3, 0.4) is 0 Å². The lowest BCUT2D eigenvalue weighted by molar-refractivity contribution is 0.201. The first-order valence-electron chi connectivity index (χ1n) is 8.09. The second kappa shape index (κ2) is 10.5. The SMILES string of the molecule is CC(N)(CO)CCc1cc(C#CCCCc2ccccc2)cs1.Cl. The van der Waals surface area contributed by atoms with Gasteiger partial charge in [-0.05, 0) is 44.2 Å². The van der Waals surface area contributed by atoms with Crippen LogP contribution in [0, 0.1) is 11.8 Å². The molecule has 2 nitrogen and oxygen atoms in total. The number of hydrogen-bond acceptors (Lipinski definition) is 3. The van der Waals surface area contributed by atoms with E-state index >= 15 is 0 Å². The topological polar surface area (TPSA) is 46.2 Å². The van der Waals surface area contributed by atoms with Crippen LogP contribution in [0.5, 0.6) is 0 Å². The molecule has 0 aliphatic heterocycles. The Morgan fingerprint density at radius 2 is 1.96 bits per heavy atom. The molecule has 4 heteroatoms. The van der Waals surface area contributed by atoms with Gasteiger partial charge in [-0.3, -0.25) is 0 Å². The molecule has 1 heterocycles. The van der Waals surface area contributed by atoms with E-state index in [0.29, 0.717) is 0 Å². The number of aliphatic hydroxyl groups excluding tert-OH is 1. The molecule has 1 atom stereocenters. The van der Waals surface area contributed by atoms with Crippen molar-refractivity contribution in [2.45, 2.75) is 44.6 Å². The van der Waals surface area contributed by atoms with E-state index in [0.717, 1.165) is 37.7 Å². The second-order valence-electron chi connectivity index (χ2n) is 6.25. The molecular weight excluding hydrogens is 338 g/mol. The smallest absolute Gasteiger partial charge is 0.0608 e. The largest absolute Gasteiger partial charge is 0.394 e. The number of hydrogen-bond donors (Lipinski definition) is 2. The van der Waals surface area contributed by atoms with Gasteiger partial charge in [0, 0.05) is 27.8 Å². The van der Waals surface area contributed by atoms with Crippen LogP contribution in [0.1, 0.15) is 42.2 Å². The molecular formula is C20H26ClNOS. The molecule has 0 amide bonds. The Balaban J connectivity index is 0.00000288. The van der Waals surface area contributed by atoms with Crippen molar-refractivity contribution in [1.29, 1.82) is 0 Å². The molecule has 24 heavy (non-hydrogen) atoms. The van der Waals surface area contributed by atoms with Crippen LogP contribution in [0.15, 0.2) is 41.8 Å². The van der Waals surface area contributed by atoms with Gasteiger partial charge < -0.3 is 10.8 Å². The quantitative estimate of drug-likeness (QED) is 0.572. The highest BCUT2D eigenvalue weighted by molar-refractivity contribution is 7.10. The predicted octanol–water partition coefficient (Wildman–Crippen LogP) is 4.19. The van der Waals surface area contributed by atoms with E-state index in [1.807, 2.05) is 13.0 Å². The third-order valence-electron chi connectivity index (χ3n) is 3.80. The van der Waals surface area contributed by atoms with Gasteiger partial charge in [-0.2, -0.15) is 0 Å². The zero-order valence-electron chi connectivity index (χ0n) is 14.1. The van der Waals surface area contributed by atoms with Crippen molar-refractivity contribution in [3.8, 4) is 11.8 Å². The highest BCUT2D eigenvalue weighted by atomic mass is 35.5. The van der Waals surface area contributed by atoms with Gasteiger partial charge in [0.1, 0.15) is 0 Å². The van der Waals surface area contributed by atoms with Crippen LogP contribution in [-0.2, 0) is 12.8 Å². The third-order valence-corrected chi connectivity index (χ3v) is 4.80. The van der Waals surface area contributed by atoms with E-state index < -0.39 is 5.54 Å². The number of rotatable bonds is 7. The zero-order chi connectivity index (χ0) is 16.5. The van der Waals surface area contributed by atoms with Gasteiger partial charge in [0.2, 0.25) is 0 Å². The minimum absolute atomic E-state index is 0. The van der Waals surface area contributed by atoms with Crippen molar-refractivity contribution < 1.29 is 5.11 Å². The van der Waals surface area contributed by atoms with Gasteiger partial charge in [0.15, 0.2) is 0 Å². The molecule has 0 fully saturated rings. The molecule has 0 aliphatic carbocycles.